The summed E-state index contributed by atoms with van der Waals surface area (Å²) in [5, 5.41) is 0. The fraction of sp³-hybridized carbons (Fsp3) is 0.316. The summed E-state index contributed by atoms with van der Waals surface area (Å²) < 4.78 is 35.5. The quantitative estimate of drug-likeness (QED) is 0.682. The van der Waals surface area contributed by atoms with E-state index in [9.17, 15) is 18.0 Å². The number of aromatic nitrogens is 1. The summed E-state index contributed by atoms with van der Waals surface area (Å²) in [7, 11) is -3.33. The van der Waals surface area contributed by atoms with Gasteiger partial charge in [-0.2, -0.15) is 0 Å². The SMILES string of the molecule is CC(=O)O[C@H]1CC(=O)N(Cc2ccc(Oc3ccc(NS(C)(=O)=O)cc3)nc2)C1. The summed E-state index contributed by atoms with van der Waals surface area (Å²) in [6, 6.07) is 9.91. The summed E-state index contributed by atoms with van der Waals surface area (Å²) in [4.78, 5) is 28.9. The van der Waals surface area contributed by atoms with Crippen LogP contribution in [0.4, 0.5) is 5.69 Å². The van der Waals surface area contributed by atoms with Crippen LogP contribution in [0.3, 0.4) is 0 Å². The number of likely N-dealkylation sites (tertiary alicyclic amines) is 1. The van der Waals surface area contributed by atoms with Crippen LogP contribution in [0.25, 0.3) is 0 Å². The van der Waals surface area contributed by atoms with Gasteiger partial charge in [-0.25, -0.2) is 13.4 Å². The smallest absolute Gasteiger partial charge is 0.302 e. The standard InChI is InChI=1S/C19H21N3O6S/c1-13(23)27-17-9-19(24)22(12-17)11-14-3-8-18(20-10-14)28-16-6-4-15(5-7-16)21-29(2,25)26/h3-8,10,17,21H,9,11-12H2,1-2H3/t17-/m0/s1. The molecule has 1 amide bonds. The van der Waals surface area contributed by atoms with E-state index in [0.29, 0.717) is 30.4 Å². The molecule has 1 saturated heterocycles. The van der Waals surface area contributed by atoms with Crippen LogP contribution in [-0.2, 0) is 30.9 Å². The van der Waals surface area contributed by atoms with Crippen molar-refractivity contribution in [2.75, 3.05) is 17.5 Å². The Hall–Kier alpha value is -3.14. The summed E-state index contributed by atoms with van der Waals surface area (Å²) in [5.41, 5.74) is 1.26. The molecular formula is C19H21N3O6S. The summed E-state index contributed by atoms with van der Waals surface area (Å²) in [6.07, 6.45) is 2.48. The van der Waals surface area contributed by atoms with E-state index in [1.165, 1.54) is 6.92 Å². The maximum atomic E-state index is 12.0. The number of esters is 1. The Balaban J connectivity index is 1.56. The molecule has 1 fully saturated rings. The lowest BCUT2D eigenvalue weighted by molar-refractivity contribution is -0.145. The van der Waals surface area contributed by atoms with Crippen molar-refractivity contribution < 1.29 is 27.5 Å². The molecule has 1 atom stereocenters. The fourth-order valence-electron chi connectivity index (χ4n) is 2.91. The Morgan fingerprint density at radius 1 is 1.24 bits per heavy atom. The lowest BCUT2D eigenvalue weighted by Gasteiger charge is -2.16. The minimum absolute atomic E-state index is 0.0700. The topological polar surface area (TPSA) is 115 Å². The largest absolute Gasteiger partial charge is 0.460 e. The second-order valence-electron chi connectivity index (χ2n) is 6.72. The molecule has 0 saturated carbocycles. The molecule has 2 aromatic rings. The second-order valence-corrected chi connectivity index (χ2v) is 8.46. The lowest BCUT2D eigenvalue weighted by atomic mass is 10.2. The number of sulfonamides is 1. The molecule has 154 valence electrons. The predicted molar refractivity (Wildman–Crippen MR) is 105 cm³/mol. The minimum atomic E-state index is -3.33. The van der Waals surface area contributed by atoms with Crippen LogP contribution in [0.15, 0.2) is 42.6 Å². The number of carbonyl (C=O) groups excluding carboxylic acids is 2. The molecule has 1 aromatic carbocycles. The van der Waals surface area contributed by atoms with Crippen LogP contribution in [-0.4, -0.2) is 49.1 Å². The number of hydrogen-bond acceptors (Lipinski definition) is 7. The van der Waals surface area contributed by atoms with Crippen LogP contribution in [0.5, 0.6) is 11.6 Å². The van der Waals surface area contributed by atoms with Crippen molar-refractivity contribution in [3.05, 3.63) is 48.2 Å². The van der Waals surface area contributed by atoms with Gasteiger partial charge in [0.15, 0.2) is 0 Å². The molecule has 3 rings (SSSR count). The molecule has 29 heavy (non-hydrogen) atoms. The number of pyridine rings is 1. The first-order chi connectivity index (χ1) is 13.7. The first-order valence-electron chi connectivity index (χ1n) is 8.83. The molecule has 0 aliphatic carbocycles. The van der Waals surface area contributed by atoms with Gasteiger partial charge < -0.3 is 14.4 Å². The zero-order chi connectivity index (χ0) is 21.0. The molecule has 10 heteroatoms. The molecule has 1 aliphatic rings. The van der Waals surface area contributed by atoms with E-state index in [1.807, 2.05) is 0 Å². The normalized spacial score (nSPS) is 16.6. The van der Waals surface area contributed by atoms with Gasteiger partial charge in [0, 0.05) is 31.4 Å². The predicted octanol–water partition coefficient (Wildman–Crippen LogP) is 1.91. The third-order valence-corrected chi connectivity index (χ3v) is 4.67. The highest BCUT2D eigenvalue weighted by Crippen LogP contribution is 2.23. The highest BCUT2D eigenvalue weighted by Gasteiger charge is 2.31. The molecule has 1 aromatic heterocycles. The molecule has 2 heterocycles. The average Bonchev–Trinajstić information content (AvgIpc) is 2.95. The highest BCUT2D eigenvalue weighted by atomic mass is 32.2. The molecule has 1 aliphatic heterocycles. The first kappa shape index (κ1) is 20.6. The van der Waals surface area contributed by atoms with Crippen LogP contribution < -0.4 is 9.46 Å². The molecule has 0 radical (unpaired) electrons. The van der Waals surface area contributed by atoms with Crippen molar-refractivity contribution >= 4 is 27.6 Å². The van der Waals surface area contributed by atoms with Gasteiger partial charge >= 0.3 is 5.97 Å². The molecule has 1 N–H and O–H groups in total. The van der Waals surface area contributed by atoms with Gasteiger partial charge in [-0.1, -0.05) is 6.07 Å². The lowest BCUT2D eigenvalue weighted by Crippen LogP contribution is -2.26. The van der Waals surface area contributed by atoms with E-state index in [0.717, 1.165) is 11.8 Å². The van der Waals surface area contributed by atoms with Gasteiger partial charge in [-0.3, -0.25) is 14.3 Å². The summed E-state index contributed by atoms with van der Waals surface area (Å²) in [5.74, 6) is 0.402. The monoisotopic (exact) mass is 419 g/mol. The third-order valence-electron chi connectivity index (χ3n) is 4.06. The van der Waals surface area contributed by atoms with E-state index in [4.69, 9.17) is 9.47 Å². The van der Waals surface area contributed by atoms with Crippen LogP contribution in [0.2, 0.25) is 0 Å². The Kier molecular flexibility index (Phi) is 6.02. The molecule has 0 bridgehead atoms. The number of benzene rings is 1. The Bertz CT molecular complexity index is 990. The number of hydrogen-bond donors (Lipinski definition) is 1. The van der Waals surface area contributed by atoms with Gasteiger partial charge in [0.1, 0.15) is 11.9 Å². The Morgan fingerprint density at radius 3 is 2.55 bits per heavy atom. The average molecular weight is 419 g/mol. The second kappa shape index (κ2) is 8.48. The van der Waals surface area contributed by atoms with Crippen molar-refractivity contribution in [3.8, 4) is 11.6 Å². The van der Waals surface area contributed by atoms with Crippen molar-refractivity contribution in [1.29, 1.82) is 0 Å². The van der Waals surface area contributed by atoms with Crippen LogP contribution >= 0.6 is 0 Å². The first-order valence-corrected chi connectivity index (χ1v) is 10.7. The molecule has 0 unspecified atom stereocenters. The van der Waals surface area contributed by atoms with E-state index in [1.54, 1.807) is 47.5 Å². The van der Waals surface area contributed by atoms with Crippen molar-refractivity contribution in [2.24, 2.45) is 0 Å². The van der Waals surface area contributed by atoms with Crippen molar-refractivity contribution in [3.63, 3.8) is 0 Å². The fourth-order valence-corrected chi connectivity index (χ4v) is 3.48. The van der Waals surface area contributed by atoms with E-state index >= 15 is 0 Å². The molecule has 0 spiro atoms. The summed E-state index contributed by atoms with van der Waals surface area (Å²) in [6.45, 7) is 2.06. The van der Waals surface area contributed by atoms with Gasteiger partial charge in [0.05, 0.1) is 19.2 Å². The van der Waals surface area contributed by atoms with Gasteiger partial charge in [0.2, 0.25) is 21.8 Å². The van der Waals surface area contributed by atoms with E-state index < -0.39 is 22.1 Å². The third kappa shape index (κ3) is 6.18. The van der Waals surface area contributed by atoms with Crippen molar-refractivity contribution in [2.45, 2.75) is 26.0 Å². The number of ether oxygens (including phenoxy) is 2. The number of amides is 1. The summed E-state index contributed by atoms with van der Waals surface area (Å²) >= 11 is 0. The number of rotatable bonds is 7. The van der Waals surface area contributed by atoms with Gasteiger partial charge in [-0.05, 0) is 29.8 Å². The Morgan fingerprint density at radius 2 is 1.97 bits per heavy atom. The van der Waals surface area contributed by atoms with Gasteiger partial charge in [-0.15, -0.1) is 0 Å². The Labute approximate surface area is 168 Å². The maximum Gasteiger partial charge on any atom is 0.302 e. The zero-order valence-electron chi connectivity index (χ0n) is 16.0. The molecular weight excluding hydrogens is 398 g/mol. The minimum Gasteiger partial charge on any atom is -0.460 e. The van der Waals surface area contributed by atoms with Crippen molar-refractivity contribution in [1.82, 2.24) is 9.88 Å². The highest BCUT2D eigenvalue weighted by molar-refractivity contribution is 7.92. The number of nitrogens with zero attached hydrogens (tertiary/aromatic N) is 2. The zero-order valence-corrected chi connectivity index (χ0v) is 16.8. The number of nitrogens with one attached hydrogen (secondary N) is 1. The van der Waals surface area contributed by atoms with E-state index in [-0.39, 0.29) is 12.3 Å². The number of anilines is 1. The maximum absolute atomic E-state index is 12.0. The van der Waals surface area contributed by atoms with Gasteiger partial charge in [0.25, 0.3) is 0 Å². The van der Waals surface area contributed by atoms with Crippen LogP contribution in [0.1, 0.15) is 18.9 Å². The van der Waals surface area contributed by atoms with E-state index in [2.05, 4.69) is 9.71 Å². The van der Waals surface area contributed by atoms with Crippen LogP contribution in [0, 0.1) is 0 Å². The number of carbonyl (C=O) groups is 2. The molecule has 9 nitrogen and oxygen atoms in total.